The topological polar surface area (TPSA) is 58.2 Å². The van der Waals surface area contributed by atoms with Crippen LogP contribution in [-0.2, 0) is 10.0 Å². The van der Waals surface area contributed by atoms with Crippen LogP contribution in [0.25, 0.3) is 0 Å². The van der Waals surface area contributed by atoms with E-state index in [4.69, 9.17) is 0 Å². The SMILES string of the molecule is Cl.O=S(=O)(CCC1CC1)N[C@H]1CCCNC1. The van der Waals surface area contributed by atoms with Gasteiger partial charge in [0, 0.05) is 12.6 Å². The van der Waals surface area contributed by atoms with Crippen LogP contribution < -0.4 is 10.0 Å². The molecule has 1 saturated heterocycles. The fourth-order valence-corrected chi connectivity index (χ4v) is 3.46. The monoisotopic (exact) mass is 268 g/mol. The van der Waals surface area contributed by atoms with Crippen LogP contribution in [0.1, 0.15) is 32.1 Å². The predicted molar refractivity (Wildman–Crippen MR) is 67.4 cm³/mol. The molecule has 4 nitrogen and oxygen atoms in total. The minimum absolute atomic E-state index is 0. The Morgan fingerprint density at radius 3 is 2.56 bits per heavy atom. The average Bonchev–Trinajstić information content (AvgIpc) is 2.99. The molecule has 2 aliphatic rings. The molecular formula is C10H21ClN2O2S. The molecule has 96 valence electrons. The first-order valence-corrected chi connectivity index (χ1v) is 7.52. The molecule has 2 fully saturated rings. The van der Waals surface area contributed by atoms with E-state index in [-0.39, 0.29) is 18.4 Å². The Labute approximate surface area is 104 Å². The van der Waals surface area contributed by atoms with Crippen molar-refractivity contribution in [2.24, 2.45) is 5.92 Å². The third kappa shape index (κ3) is 4.99. The summed E-state index contributed by atoms with van der Waals surface area (Å²) in [5.41, 5.74) is 0. The smallest absolute Gasteiger partial charge is 0.211 e. The largest absolute Gasteiger partial charge is 0.315 e. The van der Waals surface area contributed by atoms with Gasteiger partial charge in [0.25, 0.3) is 0 Å². The van der Waals surface area contributed by atoms with Crippen LogP contribution in [0.15, 0.2) is 0 Å². The molecule has 2 N–H and O–H groups in total. The van der Waals surface area contributed by atoms with E-state index in [0.717, 1.165) is 32.4 Å². The van der Waals surface area contributed by atoms with Gasteiger partial charge in [0.2, 0.25) is 10.0 Å². The molecule has 0 amide bonds. The van der Waals surface area contributed by atoms with Gasteiger partial charge in [-0.3, -0.25) is 0 Å². The van der Waals surface area contributed by atoms with Crippen LogP contribution in [0, 0.1) is 5.92 Å². The number of halogens is 1. The number of hydrogen-bond donors (Lipinski definition) is 2. The number of hydrogen-bond acceptors (Lipinski definition) is 3. The number of nitrogens with one attached hydrogen (secondary N) is 2. The summed E-state index contributed by atoms with van der Waals surface area (Å²) in [6, 6.07) is 0.114. The third-order valence-corrected chi connectivity index (χ3v) is 4.60. The van der Waals surface area contributed by atoms with E-state index in [0.29, 0.717) is 11.7 Å². The van der Waals surface area contributed by atoms with E-state index < -0.39 is 10.0 Å². The zero-order valence-electron chi connectivity index (χ0n) is 9.44. The lowest BCUT2D eigenvalue weighted by molar-refractivity contribution is 0.428. The van der Waals surface area contributed by atoms with Crippen LogP contribution in [0.3, 0.4) is 0 Å². The van der Waals surface area contributed by atoms with Gasteiger partial charge in [-0.1, -0.05) is 12.8 Å². The van der Waals surface area contributed by atoms with E-state index in [2.05, 4.69) is 10.0 Å². The fourth-order valence-electron chi connectivity index (χ4n) is 1.99. The Morgan fingerprint density at radius 1 is 1.25 bits per heavy atom. The lowest BCUT2D eigenvalue weighted by atomic mass is 10.1. The fraction of sp³-hybridized carbons (Fsp3) is 1.00. The van der Waals surface area contributed by atoms with Crippen LogP contribution >= 0.6 is 12.4 Å². The second-order valence-electron chi connectivity index (χ2n) is 4.71. The van der Waals surface area contributed by atoms with Crippen LogP contribution in [0.4, 0.5) is 0 Å². The van der Waals surface area contributed by atoms with Crippen molar-refractivity contribution in [3.63, 3.8) is 0 Å². The normalized spacial score (nSPS) is 26.1. The highest BCUT2D eigenvalue weighted by molar-refractivity contribution is 7.89. The van der Waals surface area contributed by atoms with Crippen molar-refractivity contribution in [1.29, 1.82) is 0 Å². The summed E-state index contributed by atoms with van der Waals surface area (Å²) in [6.07, 6.45) is 5.32. The van der Waals surface area contributed by atoms with Gasteiger partial charge in [-0.15, -0.1) is 12.4 Å². The summed E-state index contributed by atoms with van der Waals surface area (Å²) in [7, 11) is -3.03. The second kappa shape index (κ2) is 6.19. The maximum absolute atomic E-state index is 11.7. The van der Waals surface area contributed by atoms with Gasteiger partial charge in [-0.25, -0.2) is 13.1 Å². The molecule has 2 rings (SSSR count). The van der Waals surface area contributed by atoms with Crippen molar-refractivity contribution in [2.75, 3.05) is 18.8 Å². The molecule has 0 aromatic rings. The molecule has 1 heterocycles. The minimum Gasteiger partial charge on any atom is -0.315 e. The first kappa shape index (κ1) is 14.2. The minimum atomic E-state index is -3.03. The summed E-state index contributed by atoms with van der Waals surface area (Å²) < 4.78 is 26.2. The summed E-state index contributed by atoms with van der Waals surface area (Å²) in [4.78, 5) is 0. The van der Waals surface area contributed by atoms with E-state index in [1.807, 2.05) is 0 Å². The van der Waals surface area contributed by atoms with E-state index in [1.165, 1.54) is 12.8 Å². The molecule has 16 heavy (non-hydrogen) atoms. The highest BCUT2D eigenvalue weighted by atomic mass is 35.5. The maximum atomic E-state index is 11.7. The summed E-state index contributed by atoms with van der Waals surface area (Å²) >= 11 is 0. The van der Waals surface area contributed by atoms with Gasteiger partial charge in [0.05, 0.1) is 5.75 Å². The first-order valence-electron chi connectivity index (χ1n) is 5.86. The molecular weight excluding hydrogens is 248 g/mol. The zero-order chi connectivity index (χ0) is 10.7. The second-order valence-corrected chi connectivity index (χ2v) is 6.59. The molecule has 0 unspecified atom stereocenters. The third-order valence-electron chi connectivity index (χ3n) is 3.13. The number of rotatable bonds is 5. The van der Waals surface area contributed by atoms with Gasteiger partial charge in [-0.2, -0.15) is 0 Å². The maximum Gasteiger partial charge on any atom is 0.211 e. The molecule has 0 bridgehead atoms. The lowest BCUT2D eigenvalue weighted by Gasteiger charge is -2.23. The molecule has 1 aliphatic heterocycles. The molecule has 6 heteroatoms. The Kier molecular flexibility index (Phi) is 5.50. The zero-order valence-corrected chi connectivity index (χ0v) is 11.1. The highest BCUT2D eigenvalue weighted by Crippen LogP contribution is 2.32. The highest BCUT2D eigenvalue weighted by Gasteiger charge is 2.25. The van der Waals surface area contributed by atoms with Crippen molar-refractivity contribution in [1.82, 2.24) is 10.0 Å². The van der Waals surface area contributed by atoms with Gasteiger partial charge >= 0.3 is 0 Å². The molecule has 0 spiro atoms. The van der Waals surface area contributed by atoms with Crippen molar-refractivity contribution in [3.05, 3.63) is 0 Å². The standard InChI is InChI=1S/C10H20N2O2S.ClH/c13-15(14,7-5-9-3-4-9)12-10-2-1-6-11-8-10;/h9-12H,1-8H2;1H/t10-;/m0./s1. The molecule has 1 aliphatic carbocycles. The molecule has 0 radical (unpaired) electrons. The van der Waals surface area contributed by atoms with Crippen molar-refractivity contribution in [3.8, 4) is 0 Å². The number of piperidine rings is 1. The number of sulfonamides is 1. The van der Waals surface area contributed by atoms with Gasteiger partial charge in [-0.05, 0) is 31.7 Å². The summed E-state index contributed by atoms with van der Waals surface area (Å²) in [5, 5.41) is 3.21. The average molecular weight is 269 g/mol. The molecule has 0 aromatic heterocycles. The van der Waals surface area contributed by atoms with E-state index in [1.54, 1.807) is 0 Å². The van der Waals surface area contributed by atoms with Crippen LogP contribution in [-0.4, -0.2) is 33.3 Å². The van der Waals surface area contributed by atoms with Crippen molar-refractivity contribution < 1.29 is 8.42 Å². The van der Waals surface area contributed by atoms with Crippen molar-refractivity contribution in [2.45, 2.75) is 38.1 Å². The van der Waals surface area contributed by atoms with Gasteiger partial charge in [0.1, 0.15) is 0 Å². The summed E-state index contributed by atoms with van der Waals surface area (Å²) in [5.74, 6) is 1.000. The molecule has 1 saturated carbocycles. The van der Waals surface area contributed by atoms with Gasteiger partial charge in [0.15, 0.2) is 0 Å². The Hall–Kier alpha value is 0.160. The lowest BCUT2D eigenvalue weighted by Crippen LogP contribution is -2.46. The van der Waals surface area contributed by atoms with Crippen LogP contribution in [0.5, 0.6) is 0 Å². The van der Waals surface area contributed by atoms with Crippen LogP contribution in [0.2, 0.25) is 0 Å². The van der Waals surface area contributed by atoms with E-state index in [9.17, 15) is 8.42 Å². The quantitative estimate of drug-likeness (QED) is 0.778. The molecule has 1 atom stereocenters. The molecule has 0 aromatic carbocycles. The Morgan fingerprint density at radius 2 is 2.00 bits per heavy atom. The first-order chi connectivity index (χ1) is 7.16. The summed E-state index contributed by atoms with van der Waals surface area (Å²) in [6.45, 7) is 1.79. The van der Waals surface area contributed by atoms with Crippen molar-refractivity contribution >= 4 is 22.4 Å². The predicted octanol–water partition coefficient (Wildman–Crippen LogP) is 0.880. The van der Waals surface area contributed by atoms with Gasteiger partial charge < -0.3 is 5.32 Å². The Balaban J connectivity index is 0.00000128. The van der Waals surface area contributed by atoms with E-state index >= 15 is 0 Å². The Bertz CT molecular complexity index is 298.